The van der Waals surface area contributed by atoms with E-state index in [9.17, 15) is 0 Å². The third kappa shape index (κ3) is 2.09. The Morgan fingerprint density at radius 1 is 1.25 bits per heavy atom. The van der Waals surface area contributed by atoms with Gasteiger partial charge in [-0.25, -0.2) is 0 Å². The molecule has 0 bridgehead atoms. The van der Waals surface area contributed by atoms with Crippen LogP contribution in [0.15, 0.2) is 23.4 Å². The number of oxime groups is 1. The third-order valence-electron chi connectivity index (χ3n) is 1.84. The number of rotatable bonds is 2. The standard InChI is InChI=1S/C10H13NO/c1-8-4-5-10(6-9(8)2)7-11-12-3/h4-7H,1-3H3/b11-7+. The Labute approximate surface area is 72.9 Å². The molecule has 0 N–H and O–H groups in total. The van der Waals surface area contributed by atoms with Gasteiger partial charge in [-0.2, -0.15) is 0 Å². The summed E-state index contributed by atoms with van der Waals surface area (Å²) in [5, 5.41) is 3.69. The van der Waals surface area contributed by atoms with Crippen LogP contribution in [0.1, 0.15) is 16.7 Å². The molecule has 1 aromatic rings. The maximum absolute atomic E-state index is 4.59. The van der Waals surface area contributed by atoms with Gasteiger partial charge in [0, 0.05) is 0 Å². The Bertz CT molecular complexity index is 292. The Balaban J connectivity index is 2.89. The van der Waals surface area contributed by atoms with Crippen LogP contribution in [0.2, 0.25) is 0 Å². The smallest absolute Gasteiger partial charge is 0.106 e. The lowest BCUT2D eigenvalue weighted by Gasteiger charge is -1.99. The van der Waals surface area contributed by atoms with Crippen molar-refractivity contribution in [2.45, 2.75) is 13.8 Å². The first-order valence-corrected chi connectivity index (χ1v) is 3.88. The Kier molecular flexibility index (Phi) is 2.86. The summed E-state index contributed by atoms with van der Waals surface area (Å²) in [7, 11) is 1.54. The predicted molar refractivity (Wildman–Crippen MR) is 50.5 cm³/mol. The highest BCUT2D eigenvalue weighted by Crippen LogP contribution is 2.07. The van der Waals surface area contributed by atoms with Crippen molar-refractivity contribution in [3.8, 4) is 0 Å². The van der Waals surface area contributed by atoms with Gasteiger partial charge in [0.15, 0.2) is 0 Å². The van der Waals surface area contributed by atoms with E-state index >= 15 is 0 Å². The Hall–Kier alpha value is -1.31. The molecule has 0 radical (unpaired) electrons. The molecule has 1 rings (SSSR count). The molecular weight excluding hydrogens is 150 g/mol. The molecule has 0 saturated carbocycles. The average molecular weight is 163 g/mol. The van der Waals surface area contributed by atoms with Crippen LogP contribution in [0.4, 0.5) is 0 Å². The van der Waals surface area contributed by atoms with Crippen LogP contribution in [0.5, 0.6) is 0 Å². The van der Waals surface area contributed by atoms with Gasteiger partial charge in [0.2, 0.25) is 0 Å². The van der Waals surface area contributed by atoms with Crippen LogP contribution in [0.25, 0.3) is 0 Å². The van der Waals surface area contributed by atoms with Crippen LogP contribution in [0, 0.1) is 13.8 Å². The van der Waals surface area contributed by atoms with Crippen LogP contribution in [-0.2, 0) is 4.84 Å². The molecule has 2 nitrogen and oxygen atoms in total. The molecule has 0 aliphatic heterocycles. The van der Waals surface area contributed by atoms with Crippen molar-refractivity contribution >= 4 is 6.21 Å². The van der Waals surface area contributed by atoms with E-state index in [1.165, 1.54) is 18.2 Å². The molecule has 0 aliphatic carbocycles. The van der Waals surface area contributed by atoms with Crippen molar-refractivity contribution in [3.63, 3.8) is 0 Å². The molecule has 0 amide bonds. The van der Waals surface area contributed by atoms with Gasteiger partial charge in [-0.3, -0.25) is 0 Å². The average Bonchev–Trinajstić information content (AvgIpc) is 2.07. The normalized spacial score (nSPS) is 10.6. The first kappa shape index (κ1) is 8.78. The van der Waals surface area contributed by atoms with Crippen molar-refractivity contribution < 1.29 is 4.84 Å². The van der Waals surface area contributed by atoms with Crippen LogP contribution in [-0.4, -0.2) is 13.3 Å². The second-order valence-electron chi connectivity index (χ2n) is 2.76. The Morgan fingerprint density at radius 3 is 2.58 bits per heavy atom. The molecule has 0 aromatic heterocycles. The second-order valence-corrected chi connectivity index (χ2v) is 2.76. The minimum atomic E-state index is 1.07. The zero-order valence-electron chi connectivity index (χ0n) is 7.66. The highest BCUT2D eigenvalue weighted by Gasteiger charge is 1.92. The number of benzene rings is 1. The summed E-state index contributed by atoms with van der Waals surface area (Å²) in [6, 6.07) is 6.18. The monoisotopic (exact) mass is 163 g/mol. The van der Waals surface area contributed by atoms with E-state index in [4.69, 9.17) is 0 Å². The SMILES string of the molecule is CO/N=C/c1ccc(C)c(C)c1. The van der Waals surface area contributed by atoms with E-state index in [1.54, 1.807) is 6.21 Å². The van der Waals surface area contributed by atoms with Crippen molar-refractivity contribution in [1.82, 2.24) is 0 Å². The second kappa shape index (κ2) is 3.90. The Morgan fingerprint density at radius 2 is 2.00 bits per heavy atom. The largest absolute Gasteiger partial charge is 0.399 e. The van der Waals surface area contributed by atoms with E-state index in [0.717, 1.165) is 5.56 Å². The number of hydrogen-bond acceptors (Lipinski definition) is 2. The summed E-state index contributed by atoms with van der Waals surface area (Å²) in [5.74, 6) is 0. The fourth-order valence-electron chi connectivity index (χ4n) is 0.958. The maximum Gasteiger partial charge on any atom is 0.106 e. The highest BCUT2D eigenvalue weighted by atomic mass is 16.6. The summed E-state index contributed by atoms with van der Waals surface area (Å²) in [6.07, 6.45) is 1.70. The molecule has 1 aromatic carbocycles. The summed E-state index contributed by atoms with van der Waals surface area (Å²) < 4.78 is 0. The van der Waals surface area contributed by atoms with Crippen LogP contribution >= 0.6 is 0 Å². The molecular formula is C10H13NO. The van der Waals surface area contributed by atoms with Crippen molar-refractivity contribution in [2.24, 2.45) is 5.16 Å². The van der Waals surface area contributed by atoms with Crippen molar-refractivity contribution in [1.29, 1.82) is 0 Å². The van der Waals surface area contributed by atoms with E-state index in [0.29, 0.717) is 0 Å². The van der Waals surface area contributed by atoms with Crippen LogP contribution in [0.3, 0.4) is 0 Å². The zero-order valence-corrected chi connectivity index (χ0v) is 7.66. The molecule has 12 heavy (non-hydrogen) atoms. The minimum Gasteiger partial charge on any atom is -0.399 e. The van der Waals surface area contributed by atoms with Gasteiger partial charge in [0.1, 0.15) is 7.11 Å². The molecule has 0 unspecified atom stereocenters. The van der Waals surface area contributed by atoms with Crippen LogP contribution < -0.4 is 0 Å². The van der Waals surface area contributed by atoms with E-state index in [-0.39, 0.29) is 0 Å². The van der Waals surface area contributed by atoms with E-state index < -0.39 is 0 Å². The van der Waals surface area contributed by atoms with Gasteiger partial charge in [0.05, 0.1) is 6.21 Å². The van der Waals surface area contributed by atoms with Gasteiger partial charge >= 0.3 is 0 Å². The predicted octanol–water partition coefficient (Wildman–Crippen LogP) is 2.28. The summed E-state index contributed by atoms with van der Waals surface area (Å²) in [5.41, 5.74) is 3.64. The molecule has 0 atom stereocenters. The first-order valence-electron chi connectivity index (χ1n) is 3.88. The van der Waals surface area contributed by atoms with Gasteiger partial charge in [-0.15, -0.1) is 0 Å². The summed E-state index contributed by atoms with van der Waals surface area (Å²) >= 11 is 0. The molecule has 0 saturated heterocycles. The lowest BCUT2D eigenvalue weighted by Crippen LogP contribution is -1.86. The number of aryl methyl sites for hydroxylation is 2. The molecule has 2 heteroatoms. The van der Waals surface area contributed by atoms with Crippen molar-refractivity contribution in [2.75, 3.05) is 7.11 Å². The minimum absolute atomic E-state index is 1.07. The fraction of sp³-hybridized carbons (Fsp3) is 0.300. The number of nitrogens with zero attached hydrogens (tertiary/aromatic N) is 1. The van der Waals surface area contributed by atoms with E-state index in [1.807, 2.05) is 6.07 Å². The van der Waals surface area contributed by atoms with Gasteiger partial charge in [-0.1, -0.05) is 23.4 Å². The summed E-state index contributed by atoms with van der Waals surface area (Å²) in [6.45, 7) is 4.17. The lowest BCUT2D eigenvalue weighted by molar-refractivity contribution is 0.215. The molecule has 0 fully saturated rings. The third-order valence-corrected chi connectivity index (χ3v) is 1.84. The topological polar surface area (TPSA) is 21.6 Å². The zero-order chi connectivity index (χ0) is 8.97. The maximum atomic E-state index is 4.59. The molecule has 0 heterocycles. The van der Waals surface area contributed by atoms with E-state index in [2.05, 4.69) is 36.0 Å². The molecule has 0 spiro atoms. The molecule has 0 aliphatic rings. The molecule has 64 valence electrons. The highest BCUT2D eigenvalue weighted by molar-refractivity contribution is 5.79. The quantitative estimate of drug-likeness (QED) is 0.484. The van der Waals surface area contributed by atoms with Gasteiger partial charge in [0.25, 0.3) is 0 Å². The number of hydrogen-bond donors (Lipinski definition) is 0. The summed E-state index contributed by atoms with van der Waals surface area (Å²) in [4.78, 5) is 4.59. The first-order chi connectivity index (χ1) is 5.74. The van der Waals surface area contributed by atoms with Crippen molar-refractivity contribution in [3.05, 3.63) is 34.9 Å². The van der Waals surface area contributed by atoms with Gasteiger partial charge in [-0.05, 0) is 30.5 Å². The lowest BCUT2D eigenvalue weighted by atomic mass is 10.1. The van der Waals surface area contributed by atoms with Gasteiger partial charge < -0.3 is 4.84 Å². The fourth-order valence-corrected chi connectivity index (χ4v) is 0.958.